The molecule has 2 aromatic carbocycles. The zero-order valence-electron chi connectivity index (χ0n) is 13.5. The van der Waals surface area contributed by atoms with Gasteiger partial charge in [0, 0.05) is 13.1 Å². The van der Waals surface area contributed by atoms with Crippen molar-refractivity contribution in [2.45, 2.75) is 18.5 Å². The minimum atomic E-state index is -0.861. The molecule has 24 heavy (non-hydrogen) atoms. The van der Waals surface area contributed by atoms with Crippen LogP contribution in [-0.4, -0.2) is 41.0 Å². The van der Waals surface area contributed by atoms with Gasteiger partial charge in [-0.15, -0.1) is 11.6 Å². The van der Waals surface area contributed by atoms with E-state index in [9.17, 15) is 4.79 Å². The van der Waals surface area contributed by atoms with Crippen LogP contribution < -0.4 is 0 Å². The summed E-state index contributed by atoms with van der Waals surface area (Å²) in [5.41, 5.74) is 2.15. The molecular formula is C19H22ClNO3. The lowest BCUT2D eigenvalue weighted by atomic mass is 10.2. The quantitative estimate of drug-likeness (QED) is 0.669. The van der Waals surface area contributed by atoms with Crippen molar-refractivity contribution < 1.29 is 14.6 Å². The highest BCUT2D eigenvalue weighted by atomic mass is 35.5. The van der Waals surface area contributed by atoms with Crippen LogP contribution in [0.4, 0.5) is 0 Å². The van der Waals surface area contributed by atoms with E-state index in [-0.39, 0.29) is 11.9 Å². The molecule has 0 aromatic heterocycles. The lowest BCUT2D eigenvalue weighted by Crippen LogP contribution is -2.35. The zero-order valence-corrected chi connectivity index (χ0v) is 14.2. The predicted molar refractivity (Wildman–Crippen MR) is 95.1 cm³/mol. The number of carboxylic acids is 1. The molecule has 0 fully saturated rings. The van der Waals surface area contributed by atoms with Crippen molar-refractivity contribution in [2.24, 2.45) is 0 Å². The highest BCUT2D eigenvalue weighted by Gasteiger charge is 2.15. The van der Waals surface area contributed by atoms with Gasteiger partial charge in [-0.1, -0.05) is 60.7 Å². The molecule has 128 valence electrons. The maximum atomic E-state index is 11.1. The first kappa shape index (κ1) is 18.5. The first-order chi connectivity index (χ1) is 11.6. The van der Waals surface area contributed by atoms with E-state index in [1.165, 1.54) is 0 Å². The van der Waals surface area contributed by atoms with Gasteiger partial charge < -0.3 is 9.84 Å². The minimum Gasteiger partial charge on any atom is -0.480 e. The molecule has 0 aliphatic heterocycles. The van der Waals surface area contributed by atoms with Crippen LogP contribution in [-0.2, 0) is 22.7 Å². The Hall–Kier alpha value is -1.88. The number of benzene rings is 2. The summed E-state index contributed by atoms with van der Waals surface area (Å²) in [5, 5.41) is 8.82. The number of hydrogen-bond acceptors (Lipinski definition) is 3. The van der Waals surface area contributed by atoms with E-state index < -0.39 is 5.97 Å². The molecule has 4 nitrogen and oxygen atoms in total. The molecule has 0 amide bonds. The van der Waals surface area contributed by atoms with Crippen molar-refractivity contribution in [3.05, 3.63) is 71.8 Å². The lowest BCUT2D eigenvalue weighted by Gasteiger charge is -2.23. The van der Waals surface area contributed by atoms with Gasteiger partial charge in [0.15, 0.2) is 0 Å². The number of halogens is 1. The fourth-order valence-corrected chi connectivity index (χ4v) is 2.71. The van der Waals surface area contributed by atoms with Crippen LogP contribution in [0.2, 0.25) is 0 Å². The maximum Gasteiger partial charge on any atom is 0.317 e. The second kappa shape index (κ2) is 10.1. The number of aliphatic carboxylic acids is 1. The van der Waals surface area contributed by atoms with Gasteiger partial charge >= 0.3 is 5.97 Å². The SMILES string of the molecule is O=C(O)CN(Cc1ccccc1)CC(Cl)COCc1ccccc1. The van der Waals surface area contributed by atoms with Crippen LogP contribution in [0.5, 0.6) is 0 Å². The van der Waals surface area contributed by atoms with Crippen LogP contribution in [0.25, 0.3) is 0 Å². The molecule has 2 rings (SSSR count). The van der Waals surface area contributed by atoms with Gasteiger partial charge in [-0.2, -0.15) is 0 Å². The molecule has 1 N–H and O–H groups in total. The van der Waals surface area contributed by atoms with Crippen molar-refractivity contribution in [3.8, 4) is 0 Å². The van der Waals surface area contributed by atoms with Crippen molar-refractivity contribution in [2.75, 3.05) is 19.7 Å². The number of carboxylic acid groups (broad SMARTS) is 1. The topological polar surface area (TPSA) is 49.8 Å². The van der Waals surface area contributed by atoms with Gasteiger partial charge in [0.05, 0.1) is 25.1 Å². The highest BCUT2D eigenvalue weighted by molar-refractivity contribution is 6.20. The van der Waals surface area contributed by atoms with Crippen LogP contribution in [0.15, 0.2) is 60.7 Å². The van der Waals surface area contributed by atoms with Gasteiger partial charge in [-0.3, -0.25) is 9.69 Å². The van der Waals surface area contributed by atoms with Gasteiger partial charge in [0.2, 0.25) is 0 Å². The smallest absolute Gasteiger partial charge is 0.317 e. The third kappa shape index (κ3) is 7.13. The van der Waals surface area contributed by atoms with E-state index in [2.05, 4.69) is 0 Å². The van der Waals surface area contributed by atoms with Crippen molar-refractivity contribution >= 4 is 17.6 Å². The van der Waals surface area contributed by atoms with E-state index in [0.29, 0.717) is 26.3 Å². The maximum absolute atomic E-state index is 11.1. The average molecular weight is 348 g/mol. The van der Waals surface area contributed by atoms with Crippen LogP contribution in [0.3, 0.4) is 0 Å². The average Bonchev–Trinajstić information content (AvgIpc) is 2.56. The van der Waals surface area contributed by atoms with Crippen molar-refractivity contribution in [1.29, 1.82) is 0 Å². The second-order valence-electron chi connectivity index (χ2n) is 5.65. The number of carbonyl (C=O) groups is 1. The standard InChI is InChI=1S/C19H22ClNO3/c20-18(15-24-14-17-9-5-2-6-10-17)12-21(13-19(22)23)11-16-7-3-1-4-8-16/h1-10,18H,11-15H2,(H,22,23). The first-order valence-electron chi connectivity index (χ1n) is 7.87. The number of hydrogen-bond donors (Lipinski definition) is 1. The van der Waals surface area contributed by atoms with Crippen molar-refractivity contribution in [1.82, 2.24) is 4.90 Å². The number of nitrogens with zero attached hydrogens (tertiary/aromatic N) is 1. The Morgan fingerprint density at radius 1 is 1.04 bits per heavy atom. The van der Waals surface area contributed by atoms with E-state index in [0.717, 1.165) is 11.1 Å². The summed E-state index contributed by atoms with van der Waals surface area (Å²) in [4.78, 5) is 12.9. The summed E-state index contributed by atoms with van der Waals surface area (Å²) in [6.07, 6.45) is 0. The van der Waals surface area contributed by atoms with Gasteiger partial charge in [0.25, 0.3) is 0 Å². The Morgan fingerprint density at radius 3 is 2.21 bits per heavy atom. The Balaban J connectivity index is 1.80. The van der Waals surface area contributed by atoms with Gasteiger partial charge in [0.1, 0.15) is 0 Å². The van der Waals surface area contributed by atoms with Crippen molar-refractivity contribution in [3.63, 3.8) is 0 Å². The third-order valence-corrected chi connectivity index (χ3v) is 3.74. The fourth-order valence-electron chi connectivity index (χ4n) is 2.43. The van der Waals surface area contributed by atoms with E-state index >= 15 is 0 Å². The van der Waals surface area contributed by atoms with E-state index in [1.54, 1.807) is 0 Å². The second-order valence-corrected chi connectivity index (χ2v) is 6.26. The van der Waals surface area contributed by atoms with Gasteiger partial charge in [-0.05, 0) is 11.1 Å². The molecule has 0 radical (unpaired) electrons. The normalized spacial score (nSPS) is 12.2. The molecule has 1 atom stereocenters. The molecule has 0 aliphatic rings. The number of ether oxygens (including phenoxy) is 1. The lowest BCUT2D eigenvalue weighted by molar-refractivity contribution is -0.138. The molecule has 0 heterocycles. The third-order valence-electron chi connectivity index (χ3n) is 3.47. The summed E-state index contributed by atoms with van der Waals surface area (Å²) >= 11 is 6.33. The molecule has 0 spiro atoms. The van der Waals surface area contributed by atoms with E-state index in [1.807, 2.05) is 65.6 Å². The molecule has 0 aliphatic carbocycles. The Labute approximate surface area is 147 Å². The monoisotopic (exact) mass is 347 g/mol. The summed E-state index contributed by atoms with van der Waals surface area (Å²) in [5.74, 6) is -0.861. The summed E-state index contributed by atoms with van der Waals surface area (Å²) in [6, 6.07) is 19.6. The molecular weight excluding hydrogens is 326 g/mol. The summed E-state index contributed by atoms with van der Waals surface area (Å²) in [6.45, 7) is 1.84. The Morgan fingerprint density at radius 2 is 1.62 bits per heavy atom. The van der Waals surface area contributed by atoms with Crippen LogP contribution in [0, 0.1) is 0 Å². The molecule has 0 bridgehead atoms. The molecule has 5 heteroatoms. The number of rotatable bonds is 10. The minimum absolute atomic E-state index is 0.0448. The molecule has 0 saturated heterocycles. The molecule has 0 saturated carbocycles. The summed E-state index contributed by atoms with van der Waals surface area (Å²) in [7, 11) is 0. The van der Waals surface area contributed by atoms with E-state index in [4.69, 9.17) is 21.4 Å². The zero-order chi connectivity index (χ0) is 17.2. The largest absolute Gasteiger partial charge is 0.480 e. The highest BCUT2D eigenvalue weighted by Crippen LogP contribution is 2.09. The summed E-state index contributed by atoms with van der Waals surface area (Å²) < 4.78 is 5.63. The number of alkyl halides is 1. The molecule has 2 aromatic rings. The first-order valence-corrected chi connectivity index (χ1v) is 8.31. The van der Waals surface area contributed by atoms with Gasteiger partial charge in [-0.25, -0.2) is 0 Å². The Kier molecular flexibility index (Phi) is 7.75. The fraction of sp³-hybridized carbons (Fsp3) is 0.316. The Bertz CT molecular complexity index is 607. The van der Waals surface area contributed by atoms with Crippen LogP contribution in [0.1, 0.15) is 11.1 Å². The van der Waals surface area contributed by atoms with Crippen LogP contribution >= 0.6 is 11.6 Å². The predicted octanol–water partition coefficient (Wildman–Crippen LogP) is 3.40. The molecule has 1 unspecified atom stereocenters.